The molecule has 1 heterocycles. The predicted octanol–water partition coefficient (Wildman–Crippen LogP) is -0.186. The van der Waals surface area contributed by atoms with E-state index in [1.165, 1.54) is 0 Å². The van der Waals surface area contributed by atoms with Crippen LogP contribution in [0.15, 0.2) is 6.33 Å². The molecule has 0 fully saturated rings. The van der Waals surface area contributed by atoms with Crippen LogP contribution in [0.4, 0.5) is 14.7 Å². The summed E-state index contributed by atoms with van der Waals surface area (Å²) in [5.41, 5.74) is 0. The molecule has 0 radical (unpaired) electrons. The van der Waals surface area contributed by atoms with Crippen molar-refractivity contribution < 1.29 is 18.8 Å². The second kappa shape index (κ2) is 3.62. The summed E-state index contributed by atoms with van der Waals surface area (Å²) in [6.07, 6.45) is 0.807. The van der Waals surface area contributed by atoms with Crippen molar-refractivity contribution in [1.29, 1.82) is 0 Å². The largest absolute Gasteiger partial charge is 0.490 e. The Morgan fingerprint density at radius 1 is 1.71 bits per heavy atom. The fourth-order valence-electron chi connectivity index (χ4n) is 0.732. The highest BCUT2D eigenvalue weighted by atomic mass is 19.3. The molecule has 0 aliphatic carbocycles. The number of rotatable bonds is 4. The quantitative estimate of drug-likeness (QED) is 0.546. The molecule has 0 unspecified atom stereocenters. The first-order valence-corrected chi connectivity index (χ1v) is 3.47. The Balaban J connectivity index is 2.73. The van der Waals surface area contributed by atoms with E-state index in [4.69, 9.17) is 5.11 Å². The van der Waals surface area contributed by atoms with Crippen LogP contribution in [0.3, 0.4) is 0 Å². The third kappa shape index (κ3) is 2.42. The van der Waals surface area contributed by atoms with Crippen molar-refractivity contribution in [1.82, 2.24) is 14.8 Å². The molecule has 1 aromatic heterocycles. The van der Waals surface area contributed by atoms with Crippen LogP contribution in [0.1, 0.15) is 0 Å². The summed E-state index contributed by atoms with van der Waals surface area (Å²) in [7, 11) is 0. The predicted molar refractivity (Wildman–Crippen MR) is 38.7 cm³/mol. The van der Waals surface area contributed by atoms with Crippen molar-refractivity contribution in [2.24, 2.45) is 0 Å². The van der Waals surface area contributed by atoms with E-state index in [2.05, 4.69) is 10.1 Å². The molecule has 1 rings (SSSR count). The lowest BCUT2D eigenvalue weighted by Gasteiger charge is -2.09. The first-order valence-electron chi connectivity index (χ1n) is 3.47. The van der Waals surface area contributed by atoms with E-state index in [0.717, 1.165) is 6.33 Å². The summed E-state index contributed by atoms with van der Waals surface area (Å²) in [6, 6.07) is 0. The van der Waals surface area contributed by atoms with E-state index in [0.29, 0.717) is 4.68 Å². The average Bonchev–Trinajstić information content (AvgIpc) is 2.52. The molecule has 0 amide bonds. The Morgan fingerprint density at radius 2 is 2.36 bits per heavy atom. The third-order valence-electron chi connectivity index (χ3n) is 1.31. The van der Waals surface area contributed by atoms with Gasteiger partial charge in [-0.1, -0.05) is 4.98 Å². The zero-order chi connectivity index (χ0) is 10.8. The van der Waals surface area contributed by atoms with Gasteiger partial charge in [-0.2, -0.15) is 4.68 Å². The number of nitro groups is 1. The van der Waals surface area contributed by atoms with Crippen molar-refractivity contribution in [2.75, 3.05) is 6.61 Å². The van der Waals surface area contributed by atoms with Gasteiger partial charge in [-0.15, -0.1) is 0 Å². The second-order valence-electron chi connectivity index (χ2n) is 2.51. The van der Waals surface area contributed by atoms with E-state index in [9.17, 15) is 18.9 Å². The van der Waals surface area contributed by atoms with Crippen molar-refractivity contribution >= 4 is 5.95 Å². The minimum Gasteiger partial charge on any atom is -0.390 e. The summed E-state index contributed by atoms with van der Waals surface area (Å²) >= 11 is 0. The van der Waals surface area contributed by atoms with Crippen LogP contribution in [0.25, 0.3) is 0 Å². The molecule has 0 bridgehead atoms. The number of alkyl halides is 2. The van der Waals surface area contributed by atoms with Gasteiger partial charge in [0.25, 0.3) is 5.92 Å². The van der Waals surface area contributed by atoms with Crippen molar-refractivity contribution in [3.8, 4) is 0 Å². The van der Waals surface area contributed by atoms with Crippen LogP contribution >= 0.6 is 0 Å². The maximum absolute atomic E-state index is 12.5. The summed E-state index contributed by atoms with van der Waals surface area (Å²) in [6.45, 7) is -2.29. The number of aliphatic hydroxyl groups is 1. The van der Waals surface area contributed by atoms with Gasteiger partial charge in [0.15, 0.2) is 0 Å². The fraction of sp³-hybridized carbons (Fsp3) is 0.600. The van der Waals surface area contributed by atoms with Gasteiger partial charge in [-0.05, 0) is 4.92 Å². The van der Waals surface area contributed by atoms with Crippen LogP contribution in [0, 0.1) is 10.1 Å². The van der Waals surface area contributed by atoms with Gasteiger partial charge >= 0.3 is 5.95 Å². The van der Waals surface area contributed by atoms with E-state index in [-0.39, 0.29) is 0 Å². The van der Waals surface area contributed by atoms with Gasteiger partial charge in [0, 0.05) is 5.10 Å². The smallest absolute Gasteiger partial charge is 0.390 e. The van der Waals surface area contributed by atoms with Crippen molar-refractivity contribution in [2.45, 2.75) is 12.5 Å². The molecule has 9 heteroatoms. The molecular formula is C5H6F2N4O3. The van der Waals surface area contributed by atoms with Crippen LogP contribution in [-0.2, 0) is 6.54 Å². The Hall–Kier alpha value is -1.64. The van der Waals surface area contributed by atoms with Gasteiger partial charge in [-0.25, -0.2) is 8.78 Å². The van der Waals surface area contributed by atoms with E-state index in [1.807, 2.05) is 0 Å². The van der Waals surface area contributed by atoms with Gasteiger partial charge in [0.2, 0.25) is 6.33 Å². The molecule has 78 valence electrons. The SMILES string of the molecule is O=[N+]([O-])c1ncn(CC(F)(F)CO)n1. The van der Waals surface area contributed by atoms with E-state index in [1.54, 1.807) is 0 Å². The van der Waals surface area contributed by atoms with Crippen LogP contribution < -0.4 is 0 Å². The van der Waals surface area contributed by atoms with Crippen molar-refractivity contribution in [3.63, 3.8) is 0 Å². The Labute approximate surface area is 76.1 Å². The number of hydrogen-bond donors (Lipinski definition) is 1. The Kier molecular flexibility index (Phi) is 2.70. The Morgan fingerprint density at radius 3 is 2.79 bits per heavy atom. The highest BCUT2D eigenvalue weighted by Crippen LogP contribution is 2.14. The number of aliphatic hydroxyl groups excluding tert-OH is 1. The maximum Gasteiger partial charge on any atom is 0.490 e. The van der Waals surface area contributed by atoms with Crippen molar-refractivity contribution in [3.05, 3.63) is 16.4 Å². The zero-order valence-electron chi connectivity index (χ0n) is 6.80. The molecule has 0 saturated heterocycles. The molecule has 0 aliphatic heterocycles. The first kappa shape index (κ1) is 10.4. The molecule has 1 aromatic rings. The number of nitrogens with zero attached hydrogens (tertiary/aromatic N) is 4. The highest BCUT2D eigenvalue weighted by Gasteiger charge is 2.31. The summed E-state index contributed by atoms with van der Waals surface area (Å²) < 4.78 is 25.7. The van der Waals surface area contributed by atoms with Crippen LogP contribution in [-0.4, -0.2) is 37.3 Å². The molecule has 0 aromatic carbocycles. The summed E-state index contributed by atoms with van der Waals surface area (Å²) in [4.78, 5) is 12.4. The lowest BCUT2D eigenvalue weighted by Crippen LogP contribution is -2.28. The zero-order valence-corrected chi connectivity index (χ0v) is 6.80. The summed E-state index contributed by atoms with van der Waals surface area (Å²) in [5, 5.41) is 21.5. The number of hydrogen-bond acceptors (Lipinski definition) is 5. The molecule has 0 saturated carbocycles. The molecular weight excluding hydrogens is 202 g/mol. The maximum atomic E-state index is 12.5. The average molecular weight is 208 g/mol. The minimum atomic E-state index is -3.36. The lowest BCUT2D eigenvalue weighted by atomic mass is 10.4. The van der Waals surface area contributed by atoms with Gasteiger partial charge in [0.1, 0.15) is 13.2 Å². The molecule has 14 heavy (non-hydrogen) atoms. The molecule has 0 spiro atoms. The normalized spacial score (nSPS) is 11.6. The topological polar surface area (TPSA) is 94.1 Å². The van der Waals surface area contributed by atoms with Gasteiger partial charge < -0.3 is 15.2 Å². The fourth-order valence-corrected chi connectivity index (χ4v) is 0.732. The molecule has 1 N–H and O–H groups in total. The van der Waals surface area contributed by atoms with Gasteiger partial charge in [0.05, 0.1) is 0 Å². The molecule has 0 aliphatic rings. The van der Waals surface area contributed by atoms with Crippen LogP contribution in [0.5, 0.6) is 0 Å². The number of aromatic nitrogens is 3. The highest BCUT2D eigenvalue weighted by molar-refractivity contribution is 4.97. The summed E-state index contributed by atoms with van der Waals surface area (Å²) in [5.74, 6) is -4.11. The minimum absolute atomic E-state index is 0.606. The van der Waals surface area contributed by atoms with Crippen LogP contribution in [0.2, 0.25) is 0 Å². The molecule has 7 nitrogen and oxygen atoms in total. The standard InChI is InChI=1S/C5H6F2N4O3/c6-5(7,2-12)1-10-3-8-4(9-10)11(13)14/h3,12H,1-2H2. The lowest BCUT2D eigenvalue weighted by molar-refractivity contribution is -0.394. The van der Waals surface area contributed by atoms with Gasteiger partial charge in [-0.3, -0.25) is 0 Å². The Bertz CT molecular complexity index is 339. The first-order chi connectivity index (χ1) is 6.44. The monoisotopic (exact) mass is 208 g/mol. The van der Waals surface area contributed by atoms with E-state index < -0.39 is 29.9 Å². The third-order valence-corrected chi connectivity index (χ3v) is 1.31. The second-order valence-corrected chi connectivity index (χ2v) is 2.51. The number of halogens is 2. The van der Waals surface area contributed by atoms with E-state index >= 15 is 0 Å². The molecule has 0 atom stereocenters.